The number of fused-ring (bicyclic) bond motifs is 1. The van der Waals surface area contributed by atoms with E-state index in [1.807, 2.05) is 31.2 Å². The first-order valence-corrected chi connectivity index (χ1v) is 6.13. The van der Waals surface area contributed by atoms with Crippen LogP contribution in [0.15, 0.2) is 36.5 Å². The summed E-state index contributed by atoms with van der Waals surface area (Å²) in [7, 11) is 1.72. The fourth-order valence-electron chi connectivity index (χ4n) is 1.95. The van der Waals surface area contributed by atoms with Gasteiger partial charge in [0.05, 0.1) is 18.0 Å². The number of pyridine rings is 1. The highest BCUT2D eigenvalue weighted by Crippen LogP contribution is 2.19. The van der Waals surface area contributed by atoms with Crippen LogP contribution in [0.4, 0.5) is 0 Å². The van der Waals surface area contributed by atoms with Crippen LogP contribution in [0.1, 0.15) is 23.7 Å². The zero-order valence-electron chi connectivity index (χ0n) is 11.0. The Hall–Kier alpha value is -2.41. The third-order valence-electron chi connectivity index (χ3n) is 3.24. The molecule has 0 bridgehead atoms. The van der Waals surface area contributed by atoms with E-state index >= 15 is 0 Å². The fraction of sp³-hybridized carbons (Fsp3) is 0.267. The molecule has 1 atom stereocenters. The molecule has 19 heavy (non-hydrogen) atoms. The summed E-state index contributed by atoms with van der Waals surface area (Å²) in [4.78, 5) is 18.3. The second kappa shape index (κ2) is 5.49. The lowest BCUT2D eigenvalue weighted by Crippen LogP contribution is -2.34. The molecule has 0 saturated heterocycles. The van der Waals surface area contributed by atoms with Gasteiger partial charge in [-0.1, -0.05) is 12.1 Å². The number of amides is 1. The maximum atomic E-state index is 12.5. The second-order valence-corrected chi connectivity index (χ2v) is 4.50. The van der Waals surface area contributed by atoms with Crippen LogP contribution in [0.2, 0.25) is 0 Å². The summed E-state index contributed by atoms with van der Waals surface area (Å²) in [6, 6.07) is 11.2. The lowest BCUT2D eigenvalue weighted by molar-refractivity contribution is 0.0748. The lowest BCUT2D eigenvalue weighted by atomic mass is 10.1. The molecule has 1 aromatic carbocycles. The predicted octanol–water partition coefficient (Wildman–Crippen LogP) is 2.61. The normalized spacial score (nSPS) is 11.8. The van der Waals surface area contributed by atoms with Crippen molar-refractivity contribution in [1.29, 1.82) is 5.26 Å². The van der Waals surface area contributed by atoms with Crippen molar-refractivity contribution in [2.45, 2.75) is 19.4 Å². The number of hydrogen-bond acceptors (Lipinski definition) is 3. The molecule has 0 aliphatic heterocycles. The van der Waals surface area contributed by atoms with Crippen LogP contribution >= 0.6 is 0 Å². The highest BCUT2D eigenvalue weighted by atomic mass is 16.2. The molecule has 0 N–H and O–H groups in total. The van der Waals surface area contributed by atoms with E-state index in [2.05, 4.69) is 11.1 Å². The Kier molecular flexibility index (Phi) is 3.76. The molecule has 0 fully saturated rings. The summed E-state index contributed by atoms with van der Waals surface area (Å²) < 4.78 is 0. The second-order valence-electron chi connectivity index (χ2n) is 4.50. The maximum Gasteiger partial charge on any atom is 0.254 e. The highest BCUT2D eigenvalue weighted by Gasteiger charge is 2.19. The van der Waals surface area contributed by atoms with Gasteiger partial charge in [0.2, 0.25) is 0 Å². The van der Waals surface area contributed by atoms with Crippen LogP contribution in [0.3, 0.4) is 0 Å². The quantitative estimate of drug-likeness (QED) is 0.844. The van der Waals surface area contributed by atoms with Crippen molar-refractivity contribution < 1.29 is 4.79 Å². The molecule has 4 nitrogen and oxygen atoms in total. The van der Waals surface area contributed by atoms with Gasteiger partial charge >= 0.3 is 0 Å². The number of carbonyl (C=O) groups is 1. The summed E-state index contributed by atoms with van der Waals surface area (Å²) in [5.74, 6) is -0.0821. The number of benzene rings is 1. The Morgan fingerprint density at radius 3 is 2.95 bits per heavy atom. The van der Waals surface area contributed by atoms with Gasteiger partial charge in [-0.25, -0.2) is 0 Å². The largest absolute Gasteiger partial charge is 0.338 e. The minimum atomic E-state index is -0.107. The molecule has 0 aliphatic rings. The molecule has 1 heterocycles. The third kappa shape index (κ3) is 2.55. The maximum absolute atomic E-state index is 12.5. The molecule has 96 valence electrons. The van der Waals surface area contributed by atoms with E-state index < -0.39 is 0 Å². The first-order chi connectivity index (χ1) is 9.15. The van der Waals surface area contributed by atoms with Gasteiger partial charge in [0.25, 0.3) is 5.91 Å². The zero-order chi connectivity index (χ0) is 13.8. The first-order valence-electron chi connectivity index (χ1n) is 6.13. The van der Waals surface area contributed by atoms with Gasteiger partial charge in [-0.3, -0.25) is 9.78 Å². The van der Waals surface area contributed by atoms with Crippen LogP contribution in [0, 0.1) is 11.3 Å². The average Bonchev–Trinajstić information content (AvgIpc) is 2.45. The van der Waals surface area contributed by atoms with Crippen molar-refractivity contribution >= 4 is 16.8 Å². The van der Waals surface area contributed by atoms with Crippen molar-refractivity contribution in [3.05, 3.63) is 42.1 Å². The molecule has 0 radical (unpaired) electrons. The van der Waals surface area contributed by atoms with Crippen LogP contribution < -0.4 is 0 Å². The van der Waals surface area contributed by atoms with Gasteiger partial charge in [0, 0.05) is 30.2 Å². The highest BCUT2D eigenvalue weighted by molar-refractivity contribution is 6.06. The van der Waals surface area contributed by atoms with Crippen molar-refractivity contribution in [2.24, 2.45) is 0 Å². The van der Waals surface area contributed by atoms with Crippen LogP contribution in [-0.2, 0) is 0 Å². The minimum Gasteiger partial charge on any atom is -0.338 e. The number of carbonyl (C=O) groups excluding carboxylic acids is 1. The minimum absolute atomic E-state index is 0.0821. The molecule has 2 aromatic rings. The summed E-state index contributed by atoms with van der Waals surface area (Å²) in [5.41, 5.74) is 1.42. The van der Waals surface area contributed by atoms with Crippen molar-refractivity contribution in [3.63, 3.8) is 0 Å². The van der Waals surface area contributed by atoms with Crippen molar-refractivity contribution in [3.8, 4) is 6.07 Å². The Morgan fingerprint density at radius 1 is 1.42 bits per heavy atom. The lowest BCUT2D eigenvalue weighted by Gasteiger charge is -2.23. The van der Waals surface area contributed by atoms with E-state index in [1.165, 1.54) is 0 Å². The van der Waals surface area contributed by atoms with E-state index in [9.17, 15) is 4.79 Å². The van der Waals surface area contributed by atoms with E-state index in [0.717, 1.165) is 10.9 Å². The molecule has 0 saturated carbocycles. The Labute approximate surface area is 112 Å². The summed E-state index contributed by atoms with van der Waals surface area (Å²) >= 11 is 0. The number of hydrogen-bond donors (Lipinski definition) is 0. The first kappa shape index (κ1) is 13.0. The number of aromatic nitrogens is 1. The molecular formula is C15H15N3O. The monoisotopic (exact) mass is 253 g/mol. The Morgan fingerprint density at radius 2 is 2.21 bits per heavy atom. The average molecular weight is 253 g/mol. The van der Waals surface area contributed by atoms with Gasteiger partial charge in [0.1, 0.15) is 0 Å². The molecule has 0 spiro atoms. The smallest absolute Gasteiger partial charge is 0.254 e. The Bertz CT molecular complexity index is 640. The molecule has 1 unspecified atom stereocenters. The van der Waals surface area contributed by atoms with E-state index in [-0.39, 0.29) is 11.9 Å². The van der Waals surface area contributed by atoms with Crippen molar-refractivity contribution in [1.82, 2.24) is 9.88 Å². The van der Waals surface area contributed by atoms with Gasteiger partial charge in [0.15, 0.2) is 0 Å². The summed E-state index contributed by atoms with van der Waals surface area (Å²) in [5, 5.41) is 9.55. The SMILES string of the molecule is CC(CC#N)N(C)C(=O)c1cccc2ncccc12. The molecular weight excluding hydrogens is 238 g/mol. The number of nitrogens with zero attached hydrogens (tertiary/aromatic N) is 3. The standard InChI is InChI=1S/C15H15N3O/c1-11(8-9-16)18(2)15(19)13-5-3-7-14-12(13)6-4-10-17-14/h3-7,10-11H,8H2,1-2H3. The molecule has 4 heteroatoms. The predicted molar refractivity (Wildman–Crippen MR) is 73.5 cm³/mol. The number of nitriles is 1. The molecule has 0 aliphatic carbocycles. The summed E-state index contributed by atoms with van der Waals surface area (Å²) in [6.45, 7) is 1.87. The van der Waals surface area contributed by atoms with Gasteiger partial charge in [-0.05, 0) is 25.1 Å². The van der Waals surface area contributed by atoms with Crippen LogP contribution in [0.25, 0.3) is 10.9 Å². The fourth-order valence-corrected chi connectivity index (χ4v) is 1.95. The zero-order valence-corrected chi connectivity index (χ0v) is 11.0. The molecule has 1 amide bonds. The third-order valence-corrected chi connectivity index (χ3v) is 3.24. The van der Waals surface area contributed by atoms with Gasteiger partial charge in [-0.2, -0.15) is 5.26 Å². The Balaban J connectivity index is 2.39. The van der Waals surface area contributed by atoms with E-state index in [0.29, 0.717) is 12.0 Å². The van der Waals surface area contributed by atoms with E-state index in [1.54, 1.807) is 24.2 Å². The van der Waals surface area contributed by atoms with Crippen LogP contribution in [0.5, 0.6) is 0 Å². The molecule has 2 rings (SSSR count). The summed E-state index contributed by atoms with van der Waals surface area (Å²) in [6.07, 6.45) is 2.03. The van der Waals surface area contributed by atoms with Gasteiger partial charge < -0.3 is 4.90 Å². The van der Waals surface area contributed by atoms with Gasteiger partial charge in [-0.15, -0.1) is 0 Å². The molecule has 1 aromatic heterocycles. The number of rotatable bonds is 3. The van der Waals surface area contributed by atoms with E-state index in [4.69, 9.17) is 5.26 Å². The topological polar surface area (TPSA) is 57.0 Å². The van der Waals surface area contributed by atoms with Crippen LogP contribution in [-0.4, -0.2) is 28.9 Å². The van der Waals surface area contributed by atoms with Crippen molar-refractivity contribution in [2.75, 3.05) is 7.05 Å².